The van der Waals surface area contributed by atoms with Gasteiger partial charge in [-0.15, -0.1) is 10.2 Å². The molecule has 0 aliphatic carbocycles. The van der Waals surface area contributed by atoms with Gasteiger partial charge in [0.05, 0.1) is 18.9 Å². The maximum absolute atomic E-state index is 12.7. The van der Waals surface area contributed by atoms with Gasteiger partial charge in [-0.25, -0.2) is 14.4 Å². The van der Waals surface area contributed by atoms with E-state index in [-0.39, 0.29) is 12.1 Å². The van der Waals surface area contributed by atoms with Crippen molar-refractivity contribution in [3.63, 3.8) is 0 Å². The Morgan fingerprint density at radius 1 is 1.29 bits per heavy atom. The SMILES string of the molecule is Cc1nnc(CN2CCC(Oc3ncc(F)cn3)CC2)o1. The van der Waals surface area contributed by atoms with Crippen LogP contribution in [0.4, 0.5) is 4.39 Å². The number of aromatic nitrogens is 4. The van der Waals surface area contributed by atoms with Crippen molar-refractivity contribution in [1.82, 2.24) is 25.1 Å². The fourth-order valence-electron chi connectivity index (χ4n) is 2.29. The van der Waals surface area contributed by atoms with E-state index in [4.69, 9.17) is 9.15 Å². The minimum Gasteiger partial charge on any atom is -0.460 e. The summed E-state index contributed by atoms with van der Waals surface area (Å²) < 4.78 is 23.7. The minimum absolute atomic E-state index is 0.0520. The van der Waals surface area contributed by atoms with E-state index in [9.17, 15) is 4.39 Å². The lowest BCUT2D eigenvalue weighted by molar-refractivity contribution is 0.0844. The van der Waals surface area contributed by atoms with Gasteiger partial charge in [-0.05, 0) is 12.8 Å². The van der Waals surface area contributed by atoms with Gasteiger partial charge in [0.25, 0.3) is 0 Å². The summed E-state index contributed by atoms with van der Waals surface area (Å²) in [7, 11) is 0. The van der Waals surface area contributed by atoms with Gasteiger partial charge in [0.15, 0.2) is 5.82 Å². The standard InChI is InChI=1S/C13H16FN5O2/c1-9-17-18-12(20-9)8-19-4-2-11(3-5-19)21-13-15-6-10(14)7-16-13/h6-7,11H,2-5,8H2,1H3. The van der Waals surface area contributed by atoms with E-state index in [2.05, 4.69) is 25.1 Å². The number of likely N-dealkylation sites (tertiary alicyclic amines) is 1. The van der Waals surface area contributed by atoms with Gasteiger partial charge in [-0.2, -0.15) is 0 Å². The van der Waals surface area contributed by atoms with Crippen molar-refractivity contribution in [1.29, 1.82) is 0 Å². The summed E-state index contributed by atoms with van der Waals surface area (Å²) in [5.74, 6) is 0.748. The number of halogens is 1. The van der Waals surface area contributed by atoms with Crippen LogP contribution in [0.15, 0.2) is 16.8 Å². The van der Waals surface area contributed by atoms with Crippen LogP contribution in [0.5, 0.6) is 6.01 Å². The second-order valence-electron chi connectivity index (χ2n) is 4.99. The second-order valence-corrected chi connectivity index (χ2v) is 4.99. The van der Waals surface area contributed by atoms with Gasteiger partial charge < -0.3 is 9.15 Å². The Bertz CT molecular complexity index is 581. The molecule has 0 unspecified atom stereocenters. The lowest BCUT2D eigenvalue weighted by Crippen LogP contribution is -2.38. The third kappa shape index (κ3) is 3.72. The van der Waals surface area contributed by atoms with Crippen molar-refractivity contribution in [2.24, 2.45) is 0 Å². The van der Waals surface area contributed by atoms with Gasteiger partial charge >= 0.3 is 6.01 Å². The molecule has 0 aromatic carbocycles. The van der Waals surface area contributed by atoms with Crippen LogP contribution < -0.4 is 4.74 Å². The van der Waals surface area contributed by atoms with Gasteiger partial charge in [-0.1, -0.05) is 0 Å². The van der Waals surface area contributed by atoms with Crippen LogP contribution in [0.1, 0.15) is 24.6 Å². The molecule has 0 saturated carbocycles. The van der Waals surface area contributed by atoms with Crippen LogP contribution in [0, 0.1) is 12.7 Å². The van der Waals surface area contributed by atoms with Crippen molar-refractivity contribution in [3.8, 4) is 6.01 Å². The third-order valence-electron chi connectivity index (χ3n) is 3.33. The van der Waals surface area contributed by atoms with E-state index < -0.39 is 5.82 Å². The Kier molecular flexibility index (Phi) is 4.05. The topological polar surface area (TPSA) is 77.2 Å². The first-order chi connectivity index (χ1) is 10.2. The molecule has 1 fully saturated rings. The van der Waals surface area contributed by atoms with Crippen LogP contribution in [-0.2, 0) is 6.54 Å². The van der Waals surface area contributed by atoms with Crippen LogP contribution in [0.2, 0.25) is 0 Å². The normalized spacial score (nSPS) is 17.0. The predicted octanol–water partition coefficient (Wildman–Crippen LogP) is 1.35. The highest BCUT2D eigenvalue weighted by Gasteiger charge is 2.22. The lowest BCUT2D eigenvalue weighted by Gasteiger charge is -2.30. The highest BCUT2D eigenvalue weighted by atomic mass is 19.1. The van der Waals surface area contributed by atoms with Crippen LogP contribution in [-0.4, -0.2) is 44.3 Å². The molecule has 7 nitrogen and oxygen atoms in total. The number of piperidine rings is 1. The smallest absolute Gasteiger partial charge is 0.316 e. The van der Waals surface area contributed by atoms with Crippen molar-refractivity contribution >= 4 is 0 Å². The Morgan fingerprint density at radius 2 is 2.00 bits per heavy atom. The summed E-state index contributed by atoms with van der Waals surface area (Å²) in [6, 6.07) is 0.224. The molecule has 0 atom stereocenters. The third-order valence-corrected chi connectivity index (χ3v) is 3.33. The molecule has 3 heterocycles. The first kappa shape index (κ1) is 13.9. The monoisotopic (exact) mass is 293 g/mol. The second kappa shape index (κ2) is 6.13. The largest absolute Gasteiger partial charge is 0.460 e. The van der Waals surface area contributed by atoms with Crippen molar-refractivity contribution in [2.75, 3.05) is 13.1 Å². The predicted molar refractivity (Wildman–Crippen MR) is 70.0 cm³/mol. The van der Waals surface area contributed by atoms with Crippen molar-refractivity contribution in [2.45, 2.75) is 32.4 Å². The summed E-state index contributed by atoms with van der Waals surface area (Å²) in [6.45, 7) is 4.17. The molecule has 8 heteroatoms. The molecule has 0 bridgehead atoms. The molecule has 2 aromatic rings. The maximum Gasteiger partial charge on any atom is 0.316 e. The average molecular weight is 293 g/mol. The van der Waals surface area contributed by atoms with Crippen molar-refractivity contribution in [3.05, 3.63) is 30.0 Å². The zero-order valence-corrected chi connectivity index (χ0v) is 11.7. The Morgan fingerprint density at radius 3 is 2.62 bits per heavy atom. The summed E-state index contributed by atoms with van der Waals surface area (Å²) >= 11 is 0. The molecular weight excluding hydrogens is 277 g/mol. The molecule has 0 radical (unpaired) electrons. The van der Waals surface area contributed by atoms with E-state index in [1.807, 2.05) is 0 Å². The van der Waals surface area contributed by atoms with Gasteiger partial charge in [0.1, 0.15) is 6.10 Å². The van der Waals surface area contributed by atoms with Crippen LogP contribution in [0.25, 0.3) is 0 Å². The molecule has 21 heavy (non-hydrogen) atoms. The van der Waals surface area contributed by atoms with Crippen molar-refractivity contribution < 1.29 is 13.5 Å². The highest BCUT2D eigenvalue weighted by Crippen LogP contribution is 2.17. The molecule has 0 N–H and O–H groups in total. The van der Waals surface area contributed by atoms with Gasteiger partial charge in [0, 0.05) is 20.0 Å². The van der Waals surface area contributed by atoms with E-state index in [0.717, 1.165) is 38.3 Å². The van der Waals surface area contributed by atoms with Gasteiger partial charge in [0.2, 0.25) is 11.8 Å². The summed E-state index contributed by atoms with van der Waals surface area (Å²) in [6.07, 6.45) is 3.98. The van der Waals surface area contributed by atoms with E-state index in [1.54, 1.807) is 6.92 Å². The molecule has 1 aliphatic rings. The highest BCUT2D eigenvalue weighted by molar-refractivity contribution is 4.97. The van der Waals surface area contributed by atoms with Crippen LogP contribution in [0.3, 0.4) is 0 Å². The first-order valence-corrected chi connectivity index (χ1v) is 6.84. The average Bonchev–Trinajstić information content (AvgIpc) is 2.89. The first-order valence-electron chi connectivity index (χ1n) is 6.84. The summed E-state index contributed by atoms with van der Waals surface area (Å²) in [5.41, 5.74) is 0. The number of hydrogen-bond acceptors (Lipinski definition) is 7. The number of ether oxygens (including phenoxy) is 1. The van der Waals surface area contributed by atoms with E-state index in [1.165, 1.54) is 0 Å². The molecule has 1 saturated heterocycles. The lowest BCUT2D eigenvalue weighted by atomic mass is 10.1. The Hall–Kier alpha value is -2.09. The summed E-state index contributed by atoms with van der Waals surface area (Å²) in [5, 5.41) is 7.80. The quantitative estimate of drug-likeness (QED) is 0.842. The molecule has 0 spiro atoms. The van der Waals surface area contributed by atoms with Gasteiger partial charge in [-0.3, -0.25) is 4.90 Å². The molecule has 3 rings (SSSR count). The van der Waals surface area contributed by atoms with Crippen LogP contribution >= 0.6 is 0 Å². The fraction of sp³-hybridized carbons (Fsp3) is 0.538. The summed E-state index contributed by atoms with van der Waals surface area (Å²) in [4.78, 5) is 9.85. The van der Waals surface area contributed by atoms with E-state index >= 15 is 0 Å². The minimum atomic E-state index is -0.466. The van der Waals surface area contributed by atoms with E-state index in [0.29, 0.717) is 18.3 Å². The fourth-order valence-corrected chi connectivity index (χ4v) is 2.29. The number of aryl methyl sites for hydroxylation is 1. The molecular formula is C13H16FN5O2. The molecule has 0 amide bonds. The number of nitrogens with zero attached hydrogens (tertiary/aromatic N) is 5. The zero-order chi connectivity index (χ0) is 14.7. The zero-order valence-electron chi connectivity index (χ0n) is 11.7. The Labute approximate surface area is 121 Å². The molecule has 112 valence electrons. The molecule has 2 aromatic heterocycles. The maximum atomic E-state index is 12.7. The number of hydrogen-bond donors (Lipinski definition) is 0. The Balaban J connectivity index is 1.47. The number of rotatable bonds is 4. The molecule has 1 aliphatic heterocycles.